The van der Waals surface area contributed by atoms with Crippen molar-refractivity contribution < 1.29 is 9.53 Å². The van der Waals surface area contributed by atoms with E-state index in [-0.39, 0.29) is 11.9 Å². The second-order valence-corrected chi connectivity index (χ2v) is 9.21. The van der Waals surface area contributed by atoms with Crippen molar-refractivity contribution >= 4 is 28.4 Å². The lowest BCUT2D eigenvalue weighted by Gasteiger charge is -2.28. The van der Waals surface area contributed by atoms with Gasteiger partial charge in [0, 0.05) is 39.2 Å². The predicted octanol–water partition coefficient (Wildman–Crippen LogP) is 6.96. The molecule has 1 aliphatic rings. The summed E-state index contributed by atoms with van der Waals surface area (Å²) in [6.45, 7) is 4.64. The highest BCUT2D eigenvalue weighted by Gasteiger charge is 2.38. The Morgan fingerprint density at radius 3 is 2.53 bits per heavy atom. The maximum Gasteiger partial charge on any atom is 0.250 e. The molecule has 4 nitrogen and oxygen atoms in total. The van der Waals surface area contributed by atoms with Gasteiger partial charge in [-0.15, -0.1) is 0 Å². The largest absolute Gasteiger partial charge is 0.497 e. The van der Waals surface area contributed by atoms with E-state index in [0.717, 1.165) is 56.6 Å². The van der Waals surface area contributed by atoms with Gasteiger partial charge in [-0.1, -0.05) is 54.1 Å². The lowest BCUT2D eigenvalue weighted by molar-refractivity contribution is -0.127. The van der Waals surface area contributed by atoms with Gasteiger partial charge in [0.1, 0.15) is 5.75 Å². The van der Waals surface area contributed by atoms with Crippen LogP contribution in [0.5, 0.6) is 5.75 Å². The molecule has 0 fully saturated rings. The van der Waals surface area contributed by atoms with E-state index in [1.54, 1.807) is 7.11 Å². The van der Waals surface area contributed by atoms with E-state index in [1.807, 2.05) is 60.4 Å². The molecular weight excluding hydrogens is 444 g/mol. The minimum atomic E-state index is -0.142. The fraction of sp³-hybridized carbons (Fsp3) is 0.207. The number of H-pyrrole nitrogens is 1. The van der Waals surface area contributed by atoms with Crippen LogP contribution < -0.4 is 4.74 Å². The summed E-state index contributed by atoms with van der Waals surface area (Å²) in [7, 11) is 1.68. The van der Waals surface area contributed by atoms with Gasteiger partial charge in [-0.05, 0) is 61.7 Å². The number of halogens is 1. The Morgan fingerprint density at radius 2 is 1.76 bits per heavy atom. The van der Waals surface area contributed by atoms with Crippen molar-refractivity contribution in [2.24, 2.45) is 0 Å². The number of amides is 1. The molecule has 0 saturated heterocycles. The SMILES string of the molecule is COc1cccc(-c2[nH]c3ccccc3c2[C@@H]2C(C)=C(C)C(=O)N2CCc2ccc(Cl)cc2)c1. The number of aromatic nitrogens is 1. The van der Waals surface area contributed by atoms with Crippen molar-refractivity contribution in [1.29, 1.82) is 0 Å². The van der Waals surface area contributed by atoms with Crippen LogP contribution in [0.4, 0.5) is 0 Å². The van der Waals surface area contributed by atoms with E-state index in [9.17, 15) is 4.79 Å². The van der Waals surface area contributed by atoms with E-state index >= 15 is 0 Å². The molecule has 1 atom stereocenters. The topological polar surface area (TPSA) is 45.3 Å². The van der Waals surface area contributed by atoms with Crippen molar-refractivity contribution in [3.8, 4) is 17.0 Å². The summed E-state index contributed by atoms with van der Waals surface area (Å²) < 4.78 is 5.49. The molecule has 0 saturated carbocycles. The Labute approximate surface area is 204 Å². The van der Waals surface area contributed by atoms with Crippen LogP contribution in [0.2, 0.25) is 5.02 Å². The Hall–Kier alpha value is -3.50. The van der Waals surface area contributed by atoms with E-state index in [2.05, 4.69) is 36.2 Å². The molecule has 0 radical (unpaired) electrons. The molecule has 2 heterocycles. The van der Waals surface area contributed by atoms with Crippen molar-refractivity contribution in [2.75, 3.05) is 13.7 Å². The smallest absolute Gasteiger partial charge is 0.250 e. The van der Waals surface area contributed by atoms with Crippen molar-refractivity contribution in [3.05, 3.63) is 100 Å². The van der Waals surface area contributed by atoms with Crippen LogP contribution >= 0.6 is 11.6 Å². The van der Waals surface area contributed by atoms with Gasteiger partial charge >= 0.3 is 0 Å². The Kier molecular flexibility index (Phi) is 5.93. The summed E-state index contributed by atoms with van der Waals surface area (Å²) in [6, 6.07) is 24.1. The van der Waals surface area contributed by atoms with Gasteiger partial charge in [0.2, 0.25) is 5.91 Å². The monoisotopic (exact) mass is 470 g/mol. The molecule has 0 bridgehead atoms. The number of ether oxygens (including phenoxy) is 1. The normalized spacial score (nSPS) is 16.1. The van der Waals surface area contributed by atoms with Crippen LogP contribution in [-0.4, -0.2) is 29.4 Å². The van der Waals surface area contributed by atoms with E-state index in [1.165, 1.54) is 0 Å². The second-order valence-electron chi connectivity index (χ2n) is 8.78. The zero-order valence-electron chi connectivity index (χ0n) is 19.6. The summed E-state index contributed by atoms with van der Waals surface area (Å²) in [5, 5.41) is 1.85. The van der Waals surface area contributed by atoms with Crippen LogP contribution in [-0.2, 0) is 11.2 Å². The number of carbonyl (C=O) groups is 1. The number of hydrogen-bond donors (Lipinski definition) is 1. The number of benzene rings is 3. The first kappa shape index (κ1) is 22.3. The second kappa shape index (κ2) is 9.03. The minimum absolute atomic E-state index is 0.0957. The zero-order chi connectivity index (χ0) is 23.8. The van der Waals surface area contributed by atoms with Crippen molar-refractivity contribution in [1.82, 2.24) is 9.88 Å². The first-order valence-corrected chi connectivity index (χ1v) is 11.8. The van der Waals surface area contributed by atoms with Gasteiger partial charge in [0.05, 0.1) is 18.8 Å². The molecule has 5 heteroatoms. The maximum absolute atomic E-state index is 13.4. The van der Waals surface area contributed by atoms with Crippen LogP contribution in [0.3, 0.4) is 0 Å². The number of hydrogen-bond acceptors (Lipinski definition) is 2. The number of fused-ring (bicyclic) bond motifs is 1. The highest BCUT2D eigenvalue weighted by Crippen LogP contribution is 2.45. The lowest BCUT2D eigenvalue weighted by Crippen LogP contribution is -2.32. The van der Waals surface area contributed by atoms with Gasteiger partial charge in [-0.3, -0.25) is 4.79 Å². The van der Waals surface area contributed by atoms with Crippen molar-refractivity contribution in [3.63, 3.8) is 0 Å². The predicted molar refractivity (Wildman–Crippen MR) is 138 cm³/mol. The number of nitrogens with one attached hydrogen (secondary N) is 1. The Balaban J connectivity index is 1.62. The molecule has 1 amide bonds. The standard InChI is InChI=1S/C29H27ClN2O2/c1-18-19(2)29(33)32(16-15-20-11-13-22(30)14-12-20)28(18)26-24-9-4-5-10-25(24)31-27(26)21-7-6-8-23(17-21)34-3/h4-14,17,28,31H,15-16H2,1-3H3/t28-/m0/s1. The molecule has 0 aliphatic carbocycles. The van der Waals surface area contributed by atoms with Gasteiger partial charge in [0.25, 0.3) is 0 Å². The van der Waals surface area contributed by atoms with Crippen LogP contribution in [0.1, 0.15) is 31.0 Å². The lowest BCUT2D eigenvalue weighted by atomic mass is 9.93. The molecular formula is C29H27ClN2O2. The van der Waals surface area contributed by atoms with Crippen LogP contribution in [0, 0.1) is 0 Å². The molecule has 5 rings (SSSR count). The zero-order valence-corrected chi connectivity index (χ0v) is 20.3. The average molecular weight is 471 g/mol. The average Bonchev–Trinajstić information content (AvgIpc) is 3.34. The Morgan fingerprint density at radius 1 is 1.00 bits per heavy atom. The first-order chi connectivity index (χ1) is 16.5. The Bertz CT molecular complexity index is 1400. The first-order valence-electron chi connectivity index (χ1n) is 11.5. The molecule has 1 N–H and O–H groups in total. The molecule has 172 valence electrons. The fourth-order valence-corrected chi connectivity index (χ4v) is 5.02. The van der Waals surface area contributed by atoms with Gasteiger partial charge < -0.3 is 14.6 Å². The summed E-state index contributed by atoms with van der Waals surface area (Å²) >= 11 is 6.06. The third-order valence-corrected chi connectivity index (χ3v) is 7.08. The van der Waals surface area contributed by atoms with Crippen LogP contribution in [0.25, 0.3) is 22.2 Å². The van der Waals surface area contributed by atoms with Crippen LogP contribution in [0.15, 0.2) is 83.9 Å². The molecule has 0 unspecified atom stereocenters. The summed E-state index contributed by atoms with van der Waals surface area (Å²) in [4.78, 5) is 19.0. The third-order valence-electron chi connectivity index (χ3n) is 6.83. The van der Waals surface area contributed by atoms with Gasteiger partial charge in [-0.25, -0.2) is 0 Å². The fourth-order valence-electron chi connectivity index (χ4n) is 4.90. The number of para-hydroxylation sites is 1. The number of carbonyl (C=O) groups excluding carboxylic acids is 1. The number of aromatic amines is 1. The molecule has 0 spiro atoms. The highest BCUT2D eigenvalue weighted by molar-refractivity contribution is 6.30. The van der Waals surface area contributed by atoms with Crippen molar-refractivity contribution in [2.45, 2.75) is 26.3 Å². The van der Waals surface area contributed by atoms with E-state index < -0.39 is 0 Å². The quantitative estimate of drug-likeness (QED) is 0.331. The molecule has 3 aromatic carbocycles. The molecule has 1 aromatic heterocycles. The third kappa shape index (κ3) is 3.88. The highest BCUT2D eigenvalue weighted by atomic mass is 35.5. The number of methoxy groups -OCH3 is 1. The van der Waals surface area contributed by atoms with E-state index in [4.69, 9.17) is 16.3 Å². The number of rotatable bonds is 6. The van der Waals surface area contributed by atoms with Gasteiger partial charge in [0.15, 0.2) is 0 Å². The maximum atomic E-state index is 13.4. The molecule has 34 heavy (non-hydrogen) atoms. The molecule has 1 aliphatic heterocycles. The minimum Gasteiger partial charge on any atom is -0.497 e. The molecule has 4 aromatic rings. The summed E-state index contributed by atoms with van der Waals surface area (Å²) in [6.07, 6.45) is 0.761. The summed E-state index contributed by atoms with van der Waals surface area (Å²) in [5.74, 6) is 0.894. The summed E-state index contributed by atoms with van der Waals surface area (Å²) in [5.41, 5.74) is 7.31. The van der Waals surface area contributed by atoms with Gasteiger partial charge in [-0.2, -0.15) is 0 Å². The van der Waals surface area contributed by atoms with E-state index in [0.29, 0.717) is 11.6 Å². The number of nitrogens with zero attached hydrogens (tertiary/aromatic N) is 1.